The first-order chi connectivity index (χ1) is 30.2. The number of nitrogens with zero attached hydrogens (tertiary/aromatic N) is 2. The lowest BCUT2D eigenvalue weighted by atomic mass is 9.97. The highest BCUT2D eigenvalue weighted by molar-refractivity contribution is 6.19. The zero-order chi connectivity index (χ0) is 40.3. The van der Waals surface area contributed by atoms with E-state index in [-0.39, 0.29) is 0 Å². The predicted octanol–water partition coefficient (Wildman–Crippen LogP) is 16.3. The van der Waals surface area contributed by atoms with E-state index in [0.29, 0.717) is 0 Å². The molecule has 0 aliphatic carbocycles. The van der Waals surface area contributed by atoms with Gasteiger partial charge in [-0.3, -0.25) is 0 Å². The Labute approximate surface area is 353 Å². The second-order valence-corrected chi connectivity index (χ2v) is 15.7. The van der Waals surface area contributed by atoms with Crippen LogP contribution in [0.2, 0.25) is 0 Å². The first-order valence-electron chi connectivity index (χ1n) is 20.8. The van der Waals surface area contributed by atoms with E-state index in [1.165, 1.54) is 43.7 Å². The summed E-state index contributed by atoms with van der Waals surface area (Å²) in [6.07, 6.45) is 0. The van der Waals surface area contributed by atoms with Gasteiger partial charge in [0.1, 0.15) is 11.2 Å². The Morgan fingerprint density at radius 3 is 1.67 bits per heavy atom. The Balaban J connectivity index is 1.06. The van der Waals surface area contributed by atoms with Crippen molar-refractivity contribution in [2.24, 2.45) is 0 Å². The summed E-state index contributed by atoms with van der Waals surface area (Å²) in [5.41, 5.74) is 15.4. The van der Waals surface area contributed by atoms with Crippen molar-refractivity contribution in [3.63, 3.8) is 0 Å². The van der Waals surface area contributed by atoms with Gasteiger partial charge in [0, 0.05) is 38.6 Å². The minimum Gasteiger partial charge on any atom is -0.456 e. The molecule has 2 heterocycles. The molecule has 0 fully saturated rings. The summed E-state index contributed by atoms with van der Waals surface area (Å²) >= 11 is 0. The number of aromatic nitrogens is 1. The Morgan fingerprint density at radius 2 is 0.934 bits per heavy atom. The number of rotatable bonds is 7. The van der Waals surface area contributed by atoms with E-state index < -0.39 is 0 Å². The van der Waals surface area contributed by atoms with Crippen molar-refractivity contribution in [1.82, 2.24) is 4.57 Å². The fourth-order valence-electron chi connectivity index (χ4n) is 9.31. The minimum atomic E-state index is 0.859. The molecule has 0 bridgehead atoms. The molecule has 0 spiro atoms. The van der Waals surface area contributed by atoms with Crippen LogP contribution in [0.25, 0.3) is 93.6 Å². The van der Waals surface area contributed by atoms with Crippen LogP contribution < -0.4 is 4.90 Å². The van der Waals surface area contributed by atoms with Crippen molar-refractivity contribution in [3.05, 3.63) is 231 Å². The third kappa shape index (κ3) is 5.90. The molecule has 10 aromatic carbocycles. The molecule has 12 rings (SSSR count). The molecule has 0 amide bonds. The monoisotopic (exact) mass is 778 g/mol. The topological polar surface area (TPSA) is 21.3 Å². The van der Waals surface area contributed by atoms with Crippen LogP contribution in [0.15, 0.2) is 235 Å². The molecular weight excluding hydrogens is 741 g/mol. The Hall–Kier alpha value is -8.14. The van der Waals surface area contributed by atoms with Gasteiger partial charge in [0.05, 0.1) is 22.1 Å². The van der Waals surface area contributed by atoms with E-state index in [1.54, 1.807) is 0 Å². The Bertz CT molecular complexity index is 3510. The second-order valence-electron chi connectivity index (χ2n) is 15.7. The van der Waals surface area contributed by atoms with Crippen molar-refractivity contribution < 1.29 is 4.42 Å². The van der Waals surface area contributed by atoms with E-state index in [2.05, 4.69) is 234 Å². The van der Waals surface area contributed by atoms with Gasteiger partial charge < -0.3 is 13.9 Å². The van der Waals surface area contributed by atoms with Gasteiger partial charge in [-0.05, 0) is 105 Å². The molecule has 0 atom stereocenters. The van der Waals surface area contributed by atoms with Crippen molar-refractivity contribution in [3.8, 4) is 39.1 Å². The Morgan fingerprint density at radius 1 is 0.344 bits per heavy atom. The molecule has 0 N–H and O–H groups in total. The molecular formula is C58H38N2O. The molecule has 0 aliphatic rings. The van der Waals surface area contributed by atoms with E-state index in [1.807, 2.05) is 6.07 Å². The van der Waals surface area contributed by atoms with Crippen LogP contribution in [-0.4, -0.2) is 4.57 Å². The van der Waals surface area contributed by atoms with Gasteiger partial charge in [0.25, 0.3) is 0 Å². The van der Waals surface area contributed by atoms with Crippen molar-refractivity contribution >= 4 is 71.6 Å². The van der Waals surface area contributed by atoms with E-state index in [9.17, 15) is 0 Å². The average Bonchev–Trinajstić information content (AvgIpc) is 3.89. The van der Waals surface area contributed by atoms with Gasteiger partial charge >= 0.3 is 0 Å². The van der Waals surface area contributed by atoms with Crippen LogP contribution in [0, 0.1) is 0 Å². The summed E-state index contributed by atoms with van der Waals surface area (Å²) in [6.45, 7) is 0. The van der Waals surface area contributed by atoms with Crippen molar-refractivity contribution in [1.29, 1.82) is 0 Å². The standard InChI is InChI=1S/C58H38N2O/c1-4-15-39(16-5-1)44-35-45(40-17-6-2-7-18-40)37-48(36-44)59(53-24-14-26-56-57(53)52-23-12-13-25-55(52)61-56)47-31-27-41(28-32-47)43-30-33-50-51-34-29-42-19-10-11-22-49(42)58(51)60(54(50)38-43)46-20-8-3-9-21-46/h1-38H. The smallest absolute Gasteiger partial charge is 0.137 e. The van der Waals surface area contributed by atoms with Gasteiger partial charge in [-0.1, -0.05) is 164 Å². The maximum Gasteiger partial charge on any atom is 0.137 e. The molecule has 3 heteroatoms. The highest BCUT2D eigenvalue weighted by Crippen LogP contribution is 2.46. The molecule has 0 unspecified atom stereocenters. The summed E-state index contributed by atoms with van der Waals surface area (Å²) in [5, 5.41) is 7.15. The number of benzene rings is 10. The molecule has 2 aromatic heterocycles. The lowest BCUT2D eigenvalue weighted by Crippen LogP contribution is -2.10. The number of hydrogen-bond donors (Lipinski definition) is 0. The normalized spacial score (nSPS) is 11.6. The molecule has 286 valence electrons. The van der Waals surface area contributed by atoms with Crippen molar-refractivity contribution in [2.75, 3.05) is 4.90 Å². The summed E-state index contributed by atoms with van der Waals surface area (Å²) in [6, 6.07) is 83.0. The number of hydrogen-bond acceptors (Lipinski definition) is 2. The summed E-state index contributed by atoms with van der Waals surface area (Å²) in [5.74, 6) is 0. The van der Waals surface area contributed by atoms with Crippen LogP contribution in [0.4, 0.5) is 17.1 Å². The van der Waals surface area contributed by atoms with E-state index >= 15 is 0 Å². The van der Waals surface area contributed by atoms with Gasteiger partial charge in [-0.25, -0.2) is 0 Å². The average molecular weight is 779 g/mol. The minimum absolute atomic E-state index is 0.859. The fraction of sp³-hybridized carbons (Fsp3) is 0. The van der Waals surface area contributed by atoms with Crippen LogP contribution in [0.1, 0.15) is 0 Å². The molecule has 12 aromatic rings. The molecule has 0 saturated carbocycles. The van der Waals surface area contributed by atoms with Crippen LogP contribution in [0.3, 0.4) is 0 Å². The largest absolute Gasteiger partial charge is 0.456 e. The molecule has 0 radical (unpaired) electrons. The predicted molar refractivity (Wildman–Crippen MR) is 257 cm³/mol. The highest BCUT2D eigenvalue weighted by Gasteiger charge is 2.22. The van der Waals surface area contributed by atoms with E-state index in [0.717, 1.165) is 66.9 Å². The van der Waals surface area contributed by atoms with Gasteiger partial charge in [0.2, 0.25) is 0 Å². The summed E-state index contributed by atoms with van der Waals surface area (Å²) < 4.78 is 8.91. The zero-order valence-corrected chi connectivity index (χ0v) is 33.2. The Kier molecular flexibility index (Phi) is 8.17. The zero-order valence-electron chi connectivity index (χ0n) is 33.2. The fourth-order valence-corrected chi connectivity index (χ4v) is 9.31. The maximum absolute atomic E-state index is 6.47. The molecule has 0 saturated heterocycles. The van der Waals surface area contributed by atoms with Gasteiger partial charge in [-0.15, -0.1) is 0 Å². The molecule has 0 aliphatic heterocycles. The van der Waals surface area contributed by atoms with Gasteiger partial charge in [-0.2, -0.15) is 0 Å². The van der Waals surface area contributed by atoms with Crippen LogP contribution in [-0.2, 0) is 0 Å². The second kappa shape index (κ2) is 14.3. The SMILES string of the molecule is c1ccc(-c2cc(-c3ccccc3)cc(N(c3ccc(-c4ccc5c6ccc7ccccc7c6n(-c6ccccc6)c5c4)cc3)c3cccc4oc5ccccc5c34)c2)cc1. The summed E-state index contributed by atoms with van der Waals surface area (Å²) in [7, 11) is 0. The van der Waals surface area contributed by atoms with Gasteiger partial charge in [0.15, 0.2) is 0 Å². The number of fused-ring (bicyclic) bond motifs is 8. The third-order valence-electron chi connectivity index (χ3n) is 12.1. The number of anilines is 3. The third-order valence-corrected chi connectivity index (χ3v) is 12.1. The number of furan rings is 1. The highest BCUT2D eigenvalue weighted by atomic mass is 16.3. The summed E-state index contributed by atoms with van der Waals surface area (Å²) in [4.78, 5) is 2.40. The van der Waals surface area contributed by atoms with Crippen LogP contribution >= 0.6 is 0 Å². The van der Waals surface area contributed by atoms with E-state index in [4.69, 9.17) is 4.42 Å². The first kappa shape index (κ1) is 34.9. The number of para-hydroxylation sites is 2. The molecule has 61 heavy (non-hydrogen) atoms. The lowest BCUT2D eigenvalue weighted by molar-refractivity contribution is 0.669. The van der Waals surface area contributed by atoms with Crippen molar-refractivity contribution in [2.45, 2.75) is 0 Å². The quantitative estimate of drug-likeness (QED) is 0.161. The maximum atomic E-state index is 6.47. The lowest BCUT2D eigenvalue weighted by Gasteiger charge is -2.28. The first-order valence-corrected chi connectivity index (χ1v) is 20.8. The van der Waals surface area contributed by atoms with Crippen LogP contribution in [0.5, 0.6) is 0 Å². The molecule has 3 nitrogen and oxygen atoms in total.